The molecule has 0 saturated carbocycles. The Labute approximate surface area is 132 Å². The molecule has 0 bridgehead atoms. The lowest BCUT2D eigenvalue weighted by Gasteiger charge is -2.18. The van der Waals surface area contributed by atoms with E-state index in [1.807, 2.05) is 30.3 Å². The van der Waals surface area contributed by atoms with Crippen molar-refractivity contribution in [2.45, 2.75) is 26.8 Å². The second kappa shape index (κ2) is 8.64. The van der Waals surface area contributed by atoms with Crippen molar-refractivity contribution in [3.05, 3.63) is 35.9 Å². The molecule has 1 aromatic carbocycles. The molecule has 0 aliphatic rings. The molecule has 0 saturated heterocycles. The van der Waals surface area contributed by atoms with E-state index in [9.17, 15) is 9.59 Å². The van der Waals surface area contributed by atoms with Gasteiger partial charge in [-0.25, -0.2) is 0 Å². The normalized spacial score (nSPS) is 12.0. The van der Waals surface area contributed by atoms with E-state index in [-0.39, 0.29) is 36.8 Å². The highest BCUT2D eigenvalue weighted by atomic mass is 35.5. The van der Waals surface area contributed by atoms with Gasteiger partial charge in [-0.15, -0.1) is 12.4 Å². The van der Waals surface area contributed by atoms with Crippen LogP contribution in [0.1, 0.15) is 32.4 Å². The third-order valence-electron chi connectivity index (χ3n) is 2.84. The average molecular weight is 314 g/mol. The first-order valence-corrected chi connectivity index (χ1v) is 6.66. The topological polar surface area (TPSA) is 84.2 Å². The Hall–Kier alpha value is -1.59. The fraction of sp³-hybridized carbons (Fsp3) is 0.467. The second-order valence-corrected chi connectivity index (χ2v) is 5.75. The van der Waals surface area contributed by atoms with Crippen LogP contribution in [0.25, 0.3) is 0 Å². The zero-order valence-corrected chi connectivity index (χ0v) is 13.5. The summed E-state index contributed by atoms with van der Waals surface area (Å²) in [6.07, 6.45) is 0. The van der Waals surface area contributed by atoms with Crippen LogP contribution in [-0.4, -0.2) is 24.9 Å². The maximum atomic E-state index is 11.6. The van der Waals surface area contributed by atoms with Crippen LogP contribution in [-0.2, 0) is 9.59 Å². The molecule has 1 atom stereocenters. The number of hydrogen-bond donors (Lipinski definition) is 3. The van der Waals surface area contributed by atoms with Crippen molar-refractivity contribution >= 4 is 24.2 Å². The number of carbonyl (C=O) groups excluding carboxylic acids is 2. The highest BCUT2D eigenvalue weighted by molar-refractivity contribution is 5.87. The minimum atomic E-state index is -0.499. The van der Waals surface area contributed by atoms with E-state index in [0.717, 1.165) is 5.56 Å². The molecular weight excluding hydrogens is 290 g/mol. The maximum absolute atomic E-state index is 11.6. The molecule has 1 aromatic rings. The Kier molecular flexibility index (Phi) is 7.99. The zero-order chi connectivity index (χ0) is 15.2. The maximum Gasteiger partial charge on any atom is 0.239 e. The minimum absolute atomic E-state index is 0. The number of halogens is 1. The van der Waals surface area contributed by atoms with Gasteiger partial charge < -0.3 is 16.4 Å². The molecule has 1 unspecified atom stereocenters. The molecule has 0 fully saturated rings. The summed E-state index contributed by atoms with van der Waals surface area (Å²) in [5, 5.41) is 5.30. The number of benzene rings is 1. The van der Waals surface area contributed by atoms with Gasteiger partial charge in [0.2, 0.25) is 11.8 Å². The molecule has 2 amide bonds. The molecule has 21 heavy (non-hydrogen) atoms. The van der Waals surface area contributed by atoms with Crippen LogP contribution in [0.3, 0.4) is 0 Å². The number of hydrogen-bond acceptors (Lipinski definition) is 3. The number of nitrogens with one attached hydrogen (secondary N) is 2. The molecule has 0 aliphatic heterocycles. The lowest BCUT2D eigenvalue weighted by molar-refractivity contribution is -0.131. The standard InChI is InChI=1S/C15H23N3O2.ClH/c1-15(2,3)14(20)18-10-13(19)17-9-12(16)11-7-5-4-6-8-11;/h4-8,12H,9-10,16H2,1-3H3,(H,17,19)(H,18,20);1H. The van der Waals surface area contributed by atoms with Crippen LogP contribution in [0, 0.1) is 5.41 Å². The summed E-state index contributed by atoms with van der Waals surface area (Å²) in [5.74, 6) is -0.394. The zero-order valence-electron chi connectivity index (χ0n) is 12.7. The summed E-state index contributed by atoms with van der Waals surface area (Å²) in [6, 6.07) is 9.30. The molecule has 5 nitrogen and oxygen atoms in total. The lowest BCUT2D eigenvalue weighted by Crippen LogP contribution is -2.43. The van der Waals surface area contributed by atoms with Crippen LogP contribution >= 0.6 is 12.4 Å². The van der Waals surface area contributed by atoms with Gasteiger partial charge in [-0.3, -0.25) is 9.59 Å². The summed E-state index contributed by atoms with van der Waals surface area (Å²) in [7, 11) is 0. The van der Waals surface area contributed by atoms with E-state index < -0.39 is 5.41 Å². The Morgan fingerprint density at radius 3 is 2.24 bits per heavy atom. The van der Waals surface area contributed by atoms with Gasteiger partial charge in [0.05, 0.1) is 6.54 Å². The van der Waals surface area contributed by atoms with Crippen LogP contribution < -0.4 is 16.4 Å². The van der Waals surface area contributed by atoms with E-state index in [1.54, 1.807) is 20.8 Å². The van der Waals surface area contributed by atoms with Gasteiger partial charge >= 0.3 is 0 Å². The molecule has 0 aromatic heterocycles. The first kappa shape index (κ1) is 19.4. The lowest BCUT2D eigenvalue weighted by atomic mass is 9.96. The number of rotatable bonds is 5. The molecule has 1 rings (SSSR count). The summed E-state index contributed by atoms with van der Waals surface area (Å²) in [6.45, 7) is 5.70. The van der Waals surface area contributed by atoms with Gasteiger partial charge in [0.1, 0.15) is 0 Å². The average Bonchev–Trinajstić information content (AvgIpc) is 2.41. The van der Waals surface area contributed by atoms with Crippen molar-refractivity contribution in [2.75, 3.05) is 13.1 Å². The monoisotopic (exact) mass is 313 g/mol. The fourth-order valence-electron chi connectivity index (χ4n) is 1.53. The third-order valence-corrected chi connectivity index (χ3v) is 2.84. The van der Waals surface area contributed by atoms with Crippen molar-refractivity contribution in [1.29, 1.82) is 0 Å². The van der Waals surface area contributed by atoms with Crippen LogP contribution in [0.15, 0.2) is 30.3 Å². The van der Waals surface area contributed by atoms with E-state index in [4.69, 9.17) is 5.73 Å². The molecule has 0 aliphatic carbocycles. The summed E-state index contributed by atoms with van der Waals surface area (Å²) in [5.41, 5.74) is 6.43. The Morgan fingerprint density at radius 2 is 1.71 bits per heavy atom. The Balaban J connectivity index is 0.00000400. The van der Waals surface area contributed by atoms with Gasteiger partial charge in [-0.1, -0.05) is 51.1 Å². The summed E-state index contributed by atoms with van der Waals surface area (Å²) in [4.78, 5) is 23.2. The number of amides is 2. The van der Waals surface area contributed by atoms with Gasteiger partial charge in [0, 0.05) is 18.0 Å². The number of nitrogens with two attached hydrogens (primary N) is 1. The van der Waals surface area contributed by atoms with Crippen LogP contribution in [0.5, 0.6) is 0 Å². The Morgan fingerprint density at radius 1 is 1.14 bits per heavy atom. The van der Waals surface area contributed by atoms with Gasteiger partial charge in [0.15, 0.2) is 0 Å². The van der Waals surface area contributed by atoms with Crippen molar-refractivity contribution in [1.82, 2.24) is 10.6 Å². The fourth-order valence-corrected chi connectivity index (χ4v) is 1.53. The molecule has 118 valence electrons. The molecule has 0 heterocycles. The SMILES string of the molecule is CC(C)(C)C(=O)NCC(=O)NCC(N)c1ccccc1.Cl. The third kappa shape index (κ3) is 7.11. The molecule has 0 radical (unpaired) electrons. The largest absolute Gasteiger partial charge is 0.353 e. The predicted octanol–water partition coefficient (Wildman–Crippen LogP) is 1.39. The van der Waals surface area contributed by atoms with E-state index >= 15 is 0 Å². The molecule has 4 N–H and O–H groups in total. The van der Waals surface area contributed by atoms with Crippen molar-refractivity contribution < 1.29 is 9.59 Å². The summed E-state index contributed by atoms with van der Waals surface area (Å²) >= 11 is 0. The quantitative estimate of drug-likeness (QED) is 0.768. The highest BCUT2D eigenvalue weighted by Crippen LogP contribution is 2.12. The minimum Gasteiger partial charge on any atom is -0.353 e. The van der Waals surface area contributed by atoms with Crippen molar-refractivity contribution in [2.24, 2.45) is 11.1 Å². The van der Waals surface area contributed by atoms with E-state index in [2.05, 4.69) is 10.6 Å². The van der Waals surface area contributed by atoms with E-state index in [1.165, 1.54) is 0 Å². The highest BCUT2D eigenvalue weighted by Gasteiger charge is 2.21. The summed E-state index contributed by atoms with van der Waals surface area (Å²) < 4.78 is 0. The van der Waals surface area contributed by atoms with Crippen LogP contribution in [0.2, 0.25) is 0 Å². The van der Waals surface area contributed by atoms with Gasteiger partial charge in [0.25, 0.3) is 0 Å². The number of carbonyl (C=O) groups is 2. The van der Waals surface area contributed by atoms with Crippen molar-refractivity contribution in [3.8, 4) is 0 Å². The second-order valence-electron chi connectivity index (χ2n) is 5.75. The van der Waals surface area contributed by atoms with Crippen LogP contribution in [0.4, 0.5) is 0 Å². The molecule has 6 heteroatoms. The van der Waals surface area contributed by atoms with Crippen molar-refractivity contribution in [3.63, 3.8) is 0 Å². The predicted molar refractivity (Wildman–Crippen MR) is 86.1 cm³/mol. The first-order valence-electron chi connectivity index (χ1n) is 6.66. The Bertz CT molecular complexity index is 458. The first-order chi connectivity index (χ1) is 9.30. The molecule has 0 spiro atoms. The van der Waals surface area contributed by atoms with Gasteiger partial charge in [-0.2, -0.15) is 0 Å². The smallest absolute Gasteiger partial charge is 0.239 e. The molecular formula is C15H24ClN3O2. The van der Waals surface area contributed by atoms with Gasteiger partial charge in [-0.05, 0) is 5.56 Å². The van der Waals surface area contributed by atoms with E-state index in [0.29, 0.717) is 6.54 Å².